The first-order valence-corrected chi connectivity index (χ1v) is 8.65. The molecule has 0 aliphatic heterocycles. The van der Waals surface area contributed by atoms with Gasteiger partial charge in [0, 0.05) is 23.4 Å². The summed E-state index contributed by atoms with van der Waals surface area (Å²) in [6, 6.07) is 8.73. The van der Waals surface area contributed by atoms with Crippen LogP contribution in [0.25, 0.3) is 32.9 Å². The van der Waals surface area contributed by atoms with E-state index in [1.807, 2.05) is 6.07 Å². The van der Waals surface area contributed by atoms with Gasteiger partial charge in [-0.3, -0.25) is 0 Å². The smallest absolute Gasteiger partial charge is 0.185 e. The van der Waals surface area contributed by atoms with Crippen LogP contribution in [0.2, 0.25) is 0 Å². The molecule has 0 radical (unpaired) electrons. The van der Waals surface area contributed by atoms with Gasteiger partial charge in [-0.05, 0) is 32.0 Å². The first-order valence-electron chi connectivity index (χ1n) is 7.83. The average Bonchev–Trinajstić information content (AvgIpc) is 3.19. The second-order valence-corrected chi connectivity index (χ2v) is 6.90. The molecule has 0 saturated heterocycles. The highest BCUT2D eigenvalue weighted by Gasteiger charge is 2.17. The molecule has 25 heavy (non-hydrogen) atoms. The molecule has 3 aromatic heterocycles. The van der Waals surface area contributed by atoms with Crippen LogP contribution < -0.4 is 5.32 Å². The summed E-state index contributed by atoms with van der Waals surface area (Å²) in [7, 11) is 0. The van der Waals surface area contributed by atoms with Gasteiger partial charge in [-0.1, -0.05) is 23.5 Å². The predicted molar refractivity (Wildman–Crippen MR) is 97.1 cm³/mol. The SMILES string of the molecule is CC(C)Nc1nc2ncc(-c3ocnc3-c3ccccc3F)cc2s1. The number of fused-ring (bicyclic) bond motifs is 1. The molecule has 126 valence electrons. The molecular weight excluding hydrogens is 339 g/mol. The van der Waals surface area contributed by atoms with Crippen LogP contribution in [0.15, 0.2) is 47.3 Å². The zero-order valence-corrected chi connectivity index (χ0v) is 14.5. The lowest BCUT2D eigenvalue weighted by molar-refractivity contribution is 0.572. The fourth-order valence-corrected chi connectivity index (χ4v) is 3.56. The Kier molecular flexibility index (Phi) is 3.93. The number of oxazole rings is 1. The van der Waals surface area contributed by atoms with E-state index < -0.39 is 0 Å². The summed E-state index contributed by atoms with van der Waals surface area (Å²) < 4.78 is 20.6. The highest BCUT2D eigenvalue weighted by molar-refractivity contribution is 7.22. The van der Waals surface area contributed by atoms with Gasteiger partial charge in [0.2, 0.25) is 0 Å². The highest BCUT2D eigenvalue weighted by Crippen LogP contribution is 2.35. The molecule has 0 aliphatic rings. The van der Waals surface area contributed by atoms with Crippen LogP contribution in [-0.4, -0.2) is 21.0 Å². The van der Waals surface area contributed by atoms with Crippen LogP contribution in [0.3, 0.4) is 0 Å². The average molecular weight is 354 g/mol. The normalized spacial score (nSPS) is 11.4. The second-order valence-electron chi connectivity index (χ2n) is 5.87. The maximum Gasteiger partial charge on any atom is 0.185 e. The molecule has 0 saturated carbocycles. The number of rotatable bonds is 4. The van der Waals surface area contributed by atoms with E-state index >= 15 is 0 Å². The van der Waals surface area contributed by atoms with Crippen molar-refractivity contribution in [2.24, 2.45) is 0 Å². The van der Waals surface area contributed by atoms with E-state index in [1.165, 1.54) is 23.8 Å². The summed E-state index contributed by atoms with van der Waals surface area (Å²) in [5.74, 6) is 0.152. The first-order chi connectivity index (χ1) is 12.1. The van der Waals surface area contributed by atoms with Crippen LogP contribution >= 0.6 is 11.3 Å². The molecule has 0 unspecified atom stereocenters. The molecule has 1 N–H and O–H groups in total. The van der Waals surface area contributed by atoms with Crippen molar-refractivity contribution in [3.8, 4) is 22.6 Å². The number of hydrogen-bond donors (Lipinski definition) is 1. The van der Waals surface area contributed by atoms with Crippen LogP contribution in [0.4, 0.5) is 9.52 Å². The molecule has 0 bridgehead atoms. The molecule has 0 fully saturated rings. The number of aromatic nitrogens is 3. The fraction of sp³-hybridized carbons (Fsp3) is 0.167. The van der Waals surface area contributed by atoms with Crippen molar-refractivity contribution < 1.29 is 8.81 Å². The van der Waals surface area contributed by atoms with E-state index in [1.54, 1.807) is 24.4 Å². The quantitative estimate of drug-likeness (QED) is 0.560. The van der Waals surface area contributed by atoms with Crippen molar-refractivity contribution in [2.45, 2.75) is 19.9 Å². The van der Waals surface area contributed by atoms with Gasteiger partial charge in [-0.25, -0.2) is 19.3 Å². The summed E-state index contributed by atoms with van der Waals surface area (Å²) in [6.45, 7) is 4.11. The molecule has 7 heteroatoms. The Labute approximate surface area is 147 Å². The highest BCUT2D eigenvalue weighted by atomic mass is 32.1. The third-order valence-corrected chi connectivity index (χ3v) is 4.54. The minimum absolute atomic E-state index is 0.293. The molecule has 3 heterocycles. The van der Waals surface area contributed by atoms with E-state index in [9.17, 15) is 4.39 Å². The second kappa shape index (κ2) is 6.25. The lowest BCUT2D eigenvalue weighted by Crippen LogP contribution is -2.08. The van der Waals surface area contributed by atoms with Crippen molar-refractivity contribution in [3.63, 3.8) is 0 Å². The Bertz CT molecular complexity index is 1040. The maximum absolute atomic E-state index is 14.1. The summed E-state index contributed by atoms with van der Waals surface area (Å²) >= 11 is 1.52. The van der Waals surface area contributed by atoms with E-state index in [2.05, 4.69) is 34.1 Å². The predicted octanol–water partition coefficient (Wildman–Crippen LogP) is 4.97. The summed E-state index contributed by atoms with van der Waals surface area (Å²) in [6.07, 6.45) is 2.99. The lowest BCUT2D eigenvalue weighted by atomic mass is 10.1. The maximum atomic E-state index is 14.1. The van der Waals surface area contributed by atoms with Crippen molar-refractivity contribution in [2.75, 3.05) is 5.32 Å². The van der Waals surface area contributed by atoms with Crippen LogP contribution in [0, 0.1) is 5.82 Å². The van der Waals surface area contributed by atoms with E-state index in [4.69, 9.17) is 4.42 Å². The van der Waals surface area contributed by atoms with Crippen molar-refractivity contribution in [1.82, 2.24) is 15.0 Å². The van der Waals surface area contributed by atoms with Gasteiger partial charge in [0.25, 0.3) is 0 Å². The number of nitrogens with zero attached hydrogens (tertiary/aromatic N) is 3. The monoisotopic (exact) mass is 354 g/mol. The number of hydrogen-bond acceptors (Lipinski definition) is 6. The summed E-state index contributed by atoms with van der Waals surface area (Å²) in [5, 5.41) is 4.10. The minimum atomic E-state index is -0.340. The number of thiazole rings is 1. The van der Waals surface area contributed by atoms with Crippen LogP contribution in [0.1, 0.15) is 13.8 Å². The number of nitrogens with one attached hydrogen (secondary N) is 1. The Morgan fingerprint density at radius 1 is 1.20 bits per heavy atom. The van der Waals surface area contributed by atoms with Crippen molar-refractivity contribution in [1.29, 1.82) is 0 Å². The Hall–Kier alpha value is -2.80. The zero-order valence-electron chi connectivity index (χ0n) is 13.7. The molecule has 0 spiro atoms. The largest absolute Gasteiger partial charge is 0.443 e. The fourth-order valence-electron chi connectivity index (χ4n) is 2.55. The number of halogens is 1. The molecule has 4 rings (SSSR count). The van der Waals surface area contributed by atoms with Gasteiger partial charge in [0.15, 0.2) is 22.9 Å². The standard InChI is InChI=1S/C18H15FN4OS/c1-10(2)22-18-23-17-14(25-18)7-11(8-20-17)16-15(21-9-24-16)12-5-3-4-6-13(12)19/h3-10H,1-2H3,(H,20,22,23). The van der Waals surface area contributed by atoms with Gasteiger partial charge in [0.1, 0.15) is 11.5 Å². The molecule has 0 aliphatic carbocycles. The molecule has 5 nitrogen and oxygen atoms in total. The zero-order chi connectivity index (χ0) is 17.4. The Morgan fingerprint density at radius 3 is 2.84 bits per heavy atom. The lowest BCUT2D eigenvalue weighted by Gasteiger charge is -2.03. The van der Waals surface area contributed by atoms with Gasteiger partial charge >= 0.3 is 0 Å². The van der Waals surface area contributed by atoms with Gasteiger partial charge < -0.3 is 9.73 Å². The van der Waals surface area contributed by atoms with Crippen LogP contribution in [-0.2, 0) is 0 Å². The van der Waals surface area contributed by atoms with Gasteiger partial charge in [-0.15, -0.1) is 0 Å². The third-order valence-electron chi connectivity index (χ3n) is 3.62. The summed E-state index contributed by atoms with van der Waals surface area (Å²) in [4.78, 5) is 13.0. The number of pyridine rings is 1. The summed E-state index contributed by atoms with van der Waals surface area (Å²) in [5.41, 5.74) is 2.27. The van der Waals surface area contributed by atoms with Gasteiger partial charge in [-0.2, -0.15) is 0 Å². The molecule has 0 amide bonds. The third kappa shape index (κ3) is 2.98. The number of anilines is 1. The topological polar surface area (TPSA) is 63.8 Å². The molecular formula is C18H15FN4OS. The van der Waals surface area contributed by atoms with E-state index in [0.29, 0.717) is 28.7 Å². The van der Waals surface area contributed by atoms with Crippen molar-refractivity contribution >= 4 is 26.8 Å². The Balaban J connectivity index is 1.78. The molecule has 0 atom stereocenters. The molecule has 4 aromatic rings. The first kappa shape index (κ1) is 15.7. The minimum Gasteiger partial charge on any atom is -0.443 e. The number of benzene rings is 1. The molecule has 1 aromatic carbocycles. The van der Waals surface area contributed by atoms with E-state index in [0.717, 1.165) is 15.4 Å². The van der Waals surface area contributed by atoms with Gasteiger partial charge in [0.05, 0.1) is 4.70 Å². The Morgan fingerprint density at radius 2 is 2.04 bits per heavy atom. The van der Waals surface area contributed by atoms with E-state index in [-0.39, 0.29) is 5.82 Å². The van der Waals surface area contributed by atoms with Crippen molar-refractivity contribution in [3.05, 3.63) is 48.7 Å². The van der Waals surface area contributed by atoms with Crippen LogP contribution in [0.5, 0.6) is 0 Å².